The van der Waals surface area contributed by atoms with Gasteiger partial charge in [-0.05, 0) is 46.3 Å². The van der Waals surface area contributed by atoms with Crippen molar-refractivity contribution in [2.45, 2.75) is 0 Å². The molecule has 150 valence electrons. The van der Waals surface area contributed by atoms with E-state index in [-0.39, 0.29) is 5.91 Å². The molecule has 1 N–H and O–H groups in total. The van der Waals surface area contributed by atoms with Crippen molar-refractivity contribution in [3.63, 3.8) is 0 Å². The van der Waals surface area contributed by atoms with Gasteiger partial charge in [0.1, 0.15) is 11.3 Å². The van der Waals surface area contributed by atoms with Crippen LogP contribution in [0.1, 0.15) is 10.4 Å². The third-order valence-electron chi connectivity index (χ3n) is 4.63. The number of nitrogens with zero attached hydrogens (tertiary/aromatic N) is 3. The topological polar surface area (TPSA) is 76.6 Å². The molecule has 2 heterocycles. The third-order valence-corrected chi connectivity index (χ3v) is 5.89. The van der Waals surface area contributed by atoms with Gasteiger partial charge in [-0.3, -0.25) is 4.79 Å². The van der Waals surface area contributed by atoms with Gasteiger partial charge in [-0.15, -0.1) is 0 Å². The minimum Gasteiger partial charge on any atom is -0.494 e. The fraction of sp³-hybridized carbons (Fsp3) is 0.250. The van der Waals surface area contributed by atoms with Crippen molar-refractivity contribution in [3.8, 4) is 5.75 Å². The summed E-state index contributed by atoms with van der Waals surface area (Å²) in [6, 6.07) is 9.00. The van der Waals surface area contributed by atoms with Crippen LogP contribution < -0.4 is 10.1 Å². The number of anilines is 2. The van der Waals surface area contributed by atoms with Gasteiger partial charge in [-0.25, -0.2) is 9.97 Å². The van der Waals surface area contributed by atoms with E-state index >= 15 is 0 Å². The van der Waals surface area contributed by atoms with E-state index in [1.807, 2.05) is 12.1 Å². The molecule has 29 heavy (non-hydrogen) atoms. The summed E-state index contributed by atoms with van der Waals surface area (Å²) in [4.78, 5) is 23.2. The van der Waals surface area contributed by atoms with E-state index in [2.05, 4.69) is 31.2 Å². The Morgan fingerprint density at radius 1 is 1.28 bits per heavy atom. The van der Waals surface area contributed by atoms with E-state index in [0.29, 0.717) is 64.0 Å². The molecule has 7 nitrogen and oxygen atoms in total. The third kappa shape index (κ3) is 4.14. The summed E-state index contributed by atoms with van der Waals surface area (Å²) in [6.07, 6.45) is 1.65. The highest BCUT2D eigenvalue weighted by Crippen LogP contribution is 2.36. The van der Waals surface area contributed by atoms with Crippen molar-refractivity contribution in [1.82, 2.24) is 14.9 Å². The number of nitrogens with one attached hydrogen (secondary N) is 1. The van der Waals surface area contributed by atoms with Gasteiger partial charge in [0.25, 0.3) is 5.91 Å². The molecule has 0 saturated carbocycles. The van der Waals surface area contributed by atoms with Crippen LogP contribution in [0.3, 0.4) is 0 Å². The van der Waals surface area contributed by atoms with E-state index in [1.165, 1.54) is 0 Å². The van der Waals surface area contributed by atoms with Gasteiger partial charge in [-0.1, -0.05) is 11.6 Å². The number of fused-ring (bicyclic) bond motifs is 1. The average Bonchev–Trinajstić information content (AvgIpc) is 2.77. The first-order valence-corrected chi connectivity index (χ1v) is 10.2. The van der Waals surface area contributed by atoms with Gasteiger partial charge >= 0.3 is 0 Å². The Labute approximate surface area is 181 Å². The maximum absolute atomic E-state index is 12.5. The lowest BCUT2D eigenvalue weighted by Crippen LogP contribution is -2.40. The summed E-state index contributed by atoms with van der Waals surface area (Å²) in [5.74, 6) is 1.00. The number of methoxy groups -OCH3 is 1. The molecule has 1 aliphatic heterocycles. The van der Waals surface area contributed by atoms with Crippen LogP contribution in [0, 0.1) is 0 Å². The number of halogens is 2. The molecule has 0 spiro atoms. The average molecular weight is 478 g/mol. The van der Waals surface area contributed by atoms with E-state index in [9.17, 15) is 4.79 Å². The van der Waals surface area contributed by atoms with Crippen molar-refractivity contribution >= 4 is 56.0 Å². The largest absolute Gasteiger partial charge is 0.494 e. The first kappa shape index (κ1) is 19.9. The molecule has 1 saturated heterocycles. The van der Waals surface area contributed by atoms with Crippen molar-refractivity contribution in [2.24, 2.45) is 0 Å². The van der Waals surface area contributed by atoms with Crippen LogP contribution in [-0.4, -0.2) is 54.2 Å². The lowest BCUT2D eigenvalue weighted by molar-refractivity contribution is 0.0303. The zero-order chi connectivity index (χ0) is 20.4. The van der Waals surface area contributed by atoms with Crippen LogP contribution >= 0.6 is 27.5 Å². The summed E-state index contributed by atoms with van der Waals surface area (Å²) in [7, 11) is 1.58. The molecule has 1 aliphatic rings. The van der Waals surface area contributed by atoms with E-state index in [0.717, 1.165) is 5.69 Å². The Balaban J connectivity index is 1.55. The number of ether oxygens (including phenoxy) is 2. The normalized spacial score (nSPS) is 14.1. The molecule has 3 aromatic rings. The summed E-state index contributed by atoms with van der Waals surface area (Å²) in [6.45, 7) is 2.39. The minimum absolute atomic E-state index is 0.00626. The maximum Gasteiger partial charge on any atom is 0.254 e. The molecule has 0 unspecified atom stereocenters. The second-order valence-corrected chi connectivity index (χ2v) is 7.67. The fourth-order valence-electron chi connectivity index (χ4n) is 3.10. The fourth-order valence-corrected chi connectivity index (χ4v) is 3.71. The number of carbonyl (C=O) groups is 1. The highest BCUT2D eigenvalue weighted by molar-refractivity contribution is 9.10. The Kier molecular flexibility index (Phi) is 5.84. The summed E-state index contributed by atoms with van der Waals surface area (Å²) in [5.41, 5.74) is 2.01. The van der Waals surface area contributed by atoms with Gasteiger partial charge in [0, 0.05) is 40.4 Å². The maximum atomic E-state index is 12.5. The van der Waals surface area contributed by atoms with Gasteiger partial charge in [-0.2, -0.15) is 0 Å². The number of morpholine rings is 1. The molecular formula is C20H18BrClN4O3. The number of carbonyl (C=O) groups excluding carboxylic acids is 1. The summed E-state index contributed by atoms with van der Waals surface area (Å²) < 4.78 is 11.4. The molecule has 0 bridgehead atoms. The van der Waals surface area contributed by atoms with Crippen LogP contribution in [0.4, 0.5) is 11.6 Å². The smallest absolute Gasteiger partial charge is 0.254 e. The summed E-state index contributed by atoms with van der Waals surface area (Å²) in [5, 5.41) is 4.37. The predicted octanol–water partition coefficient (Wildman–Crippen LogP) is 4.27. The SMILES string of the molecule is COc1cc(Br)c(Cl)c2cnc(Nc3ccc(C(=O)N4CCOCC4)cc3)nc12. The van der Waals surface area contributed by atoms with E-state index < -0.39 is 0 Å². The molecule has 2 aromatic carbocycles. The molecule has 1 aromatic heterocycles. The lowest BCUT2D eigenvalue weighted by Gasteiger charge is -2.26. The van der Waals surface area contributed by atoms with Gasteiger partial charge in [0.15, 0.2) is 0 Å². The second kappa shape index (κ2) is 8.52. The molecule has 9 heteroatoms. The number of rotatable bonds is 4. The number of hydrogen-bond donors (Lipinski definition) is 1. The van der Waals surface area contributed by atoms with Crippen LogP contribution in [0.5, 0.6) is 5.75 Å². The Hall–Kier alpha value is -2.42. The van der Waals surface area contributed by atoms with Crippen LogP contribution in [0.2, 0.25) is 5.02 Å². The molecule has 4 rings (SSSR count). The molecule has 1 amide bonds. The molecule has 1 fully saturated rings. The highest BCUT2D eigenvalue weighted by Gasteiger charge is 2.18. The van der Waals surface area contributed by atoms with Crippen LogP contribution in [0.15, 0.2) is 41.0 Å². The Morgan fingerprint density at radius 3 is 2.69 bits per heavy atom. The number of hydrogen-bond acceptors (Lipinski definition) is 6. The van der Waals surface area contributed by atoms with E-state index in [4.69, 9.17) is 21.1 Å². The Morgan fingerprint density at radius 2 is 2.00 bits per heavy atom. The van der Waals surface area contributed by atoms with Crippen molar-refractivity contribution in [3.05, 3.63) is 51.6 Å². The van der Waals surface area contributed by atoms with Gasteiger partial charge < -0.3 is 19.7 Å². The van der Waals surface area contributed by atoms with E-state index in [1.54, 1.807) is 36.4 Å². The number of benzene rings is 2. The molecule has 0 aliphatic carbocycles. The second-order valence-electron chi connectivity index (χ2n) is 6.44. The zero-order valence-corrected chi connectivity index (χ0v) is 18.0. The van der Waals surface area contributed by atoms with Gasteiger partial charge in [0.2, 0.25) is 5.95 Å². The predicted molar refractivity (Wildman–Crippen MR) is 115 cm³/mol. The molecular weight excluding hydrogens is 460 g/mol. The first-order valence-electron chi connectivity index (χ1n) is 8.99. The van der Waals surface area contributed by atoms with Crippen molar-refractivity contribution in [2.75, 3.05) is 38.7 Å². The van der Waals surface area contributed by atoms with Crippen LogP contribution in [0.25, 0.3) is 10.9 Å². The zero-order valence-electron chi connectivity index (χ0n) is 15.6. The standard InChI is InChI=1S/C20H18BrClN4O3/c1-28-16-10-15(21)17(22)14-11-23-20(25-18(14)16)24-13-4-2-12(3-5-13)19(27)26-6-8-29-9-7-26/h2-5,10-11H,6-9H2,1H3,(H,23,24,25). The Bertz CT molecular complexity index is 1060. The minimum atomic E-state index is 0.00626. The summed E-state index contributed by atoms with van der Waals surface area (Å²) >= 11 is 9.74. The molecule has 0 radical (unpaired) electrons. The van der Waals surface area contributed by atoms with Crippen LogP contribution in [-0.2, 0) is 4.74 Å². The highest BCUT2D eigenvalue weighted by atomic mass is 79.9. The first-order chi connectivity index (χ1) is 14.1. The van der Waals surface area contributed by atoms with Crippen molar-refractivity contribution < 1.29 is 14.3 Å². The monoisotopic (exact) mass is 476 g/mol. The molecule has 0 atom stereocenters. The number of amides is 1. The van der Waals surface area contributed by atoms with Gasteiger partial charge in [0.05, 0.1) is 25.3 Å². The number of aromatic nitrogens is 2. The lowest BCUT2D eigenvalue weighted by atomic mass is 10.1. The van der Waals surface area contributed by atoms with Crippen molar-refractivity contribution in [1.29, 1.82) is 0 Å². The quantitative estimate of drug-likeness (QED) is 0.605.